The van der Waals surface area contributed by atoms with E-state index in [-0.39, 0.29) is 47.6 Å². The molecule has 0 aliphatic heterocycles. The van der Waals surface area contributed by atoms with Crippen LogP contribution in [0.3, 0.4) is 0 Å². The number of aliphatic imine (C=N–C) groups is 1. The summed E-state index contributed by atoms with van der Waals surface area (Å²) in [4.78, 5) is 3.95. The van der Waals surface area contributed by atoms with Crippen LogP contribution < -0.4 is 11.1 Å². The highest BCUT2D eigenvalue weighted by Crippen LogP contribution is 2.34. The van der Waals surface area contributed by atoms with Crippen LogP contribution in [0.4, 0.5) is 13.2 Å². The summed E-state index contributed by atoms with van der Waals surface area (Å²) in [6.45, 7) is 5.53. The molecule has 1 aromatic carbocycles. The Balaban J connectivity index is 0.00000400. The molecular formula is C13H18BrF3IN3. The quantitative estimate of drug-likeness (QED) is 0.377. The van der Waals surface area contributed by atoms with E-state index >= 15 is 0 Å². The number of nitrogens with zero attached hydrogens (tertiary/aromatic N) is 1. The predicted octanol–water partition coefficient (Wildman–Crippen LogP) is 4.29. The Morgan fingerprint density at radius 2 is 1.86 bits per heavy atom. The maximum absolute atomic E-state index is 12.9. The normalized spacial score (nSPS) is 12.8. The monoisotopic (exact) mass is 479 g/mol. The fourth-order valence-corrected chi connectivity index (χ4v) is 1.91. The second kappa shape index (κ2) is 7.66. The summed E-state index contributed by atoms with van der Waals surface area (Å²) < 4.78 is 39.1. The van der Waals surface area contributed by atoms with E-state index in [1.165, 1.54) is 6.07 Å². The topological polar surface area (TPSA) is 50.4 Å². The Hall–Kier alpha value is -0.510. The molecule has 0 aliphatic rings. The van der Waals surface area contributed by atoms with Crippen LogP contribution in [0, 0.1) is 0 Å². The molecule has 0 saturated heterocycles. The van der Waals surface area contributed by atoms with Gasteiger partial charge in [-0.2, -0.15) is 13.2 Å². The zero-order valence-electron chi connectivity index (χ0n) is 11.9. The number of alkyl halides is 3. The van der Waals surface area contributed by atoms with Gasteiger partial charge in [-0.25, -0.2) is 4.99 Å². The first kappa shape index (κ1) is 20.5. The molecule has 3 N–H and O–H groups in total. The van der Waals surface area contributed by atoms with Crippen LogP contribution in [0.5, 0.6) is 0 Å². The fourth-order valence-electron chi connectivity index (χ4n) is 1.54. The first-order valence-corrected chi connectivity index (χ1v) is 6.72. The molecule has 0 aliphatic carbocycles. The van der Waals surface area contributed by atoms with E-state index in [0.29, 0.717) is 4.47 Å². The van der Waals surface area contributed by atoms with Crippen molar-refractivity contribution in [1.29, 1.82) is 0 Å². The van der Waals surface area contributed by atoms with E-state index in [0.717, 1.165) is 6.07 Å². The van der Waals surface area contributed by atoms with Crippen LogP contribution in [-0.2, 0) is 12.7 Å². The third-order valence-electron chi connectivity index (χ3n) is 2.30. The average Bonchev–Trinajstić information content (AvgIpc) is 2.23. The van der Waals surface area contributed by atoms with Crippen molar-refractivity contribution >= 4 is 45.9 Å². The molecule has 21 heavy (non-hydrogen) atoms. The van der Waals surface area contributed by atoms with Crippen molar-refractivity contribution in [2.45, 2.75) is 39.0 Å². The van der Waals surface area contributed by atoms with Gasteiger partial charge in [-0.15, -0.1) is 24.0 Å². The van der Waals surface area contributed by atoms with Gasteiger partial charge in [0.15, 0.2) is 5.96 Å². The summed E-state index contributed by atoms with van der Waals surface area (Å²) in [7, 11) is 0. The fraction of sp³-hybridized carbons (Fsp3) is 0.462. The Morgan fingerprint density at radius 3 is 2.33 bits per heavy atom. The van der Waals surface area contributed by atoms with E-state index in [9.17, 15) is 13.2 Å². The van der Waals surface area contributed by atoms with Crippen molar-refractivity contribution in [1.82, 2.24) is 5.32 Å². The van der Waals surface area contributed by atoms with Gasteiger partial charge in [0.25, 0.3) is 0 Å². The van der Waals surface area contributed by atoms with Gasteiger partial charge in [-0.1, -0.05) is 22.0 Å². The molecule has 0 radical (unpaired) electrons. The van der Waals surface area contributed by atoms with E-state index in [4.69, 9.17) is 5.73 Å². The maximum atomic E-state index is 12.9. The van der Waals surface area contributed by atoms with E-state index < -0.39 is 11.7 Å². The van der Waals surface area contributed by atoms with Gasteiger partial charge in [0.1, 0.15) is 0 Å². The van der Waals surface area contributed by atoms with Crippen molar-refractivity contribution in [3.05, 3.63) is 33.8 Å². The van der Waals surface area contributed by atoms with Crippen LogP contribution in [0.1, 0.15) is 31.9 Å². The standard InChI is InChI=1S/C13H17BrF3N3.HI/c1-12(2,3)20-11(18)19-7-8-4-5-9(14)6-10(8)13(15,16)17;/h4-6H,7H2,1-3H3,(H3,18,19,20);1H. The predicted molar refractivity (Wildman–Crippen MR) is 92.8 cm³/mol. The van der Waals surface area contributed by atoms with Crippen molar-refractivity contribution < 1.29 is 13.2 Å². The van der Waals surface area contributed by atoms with Crippen LogP contribution >= 0.6 is 39.9 Å². The molecule has 1 aromatic rings. The Bertz CT molecular complexity index is 510. The molecule has 0 aromatic heterocycles. The molecule has 8 heteroatoms. The first-order valence-electron chi connectivity index (χ1n) is 5.93. The molecule has 0 fully saturated rings. The van der Waals surface area contributed by atoms with Crippen LogP contribution in [0.2, 0.25) is 0 Å². The van der Waals surface area contributed by atoms with Crippen LogP contribution in [0.25, 0.3) is 0 Å². The number of hydrogen-bond acceptors (Lipinski definition) is 1. The molecular weight excluding hydrogens is 462 g/mol. The summed E-state index contributed by atoms with van der Waals surface area (Å²) in [6, 6.07) is 3.98. The number of hydrogen-bond donors (Lipinski definition) is 2. The lowest BCUT2D eigenvalue weighted by Crippen LogP contribution is -2.45. The molecule has 120 valence electrons. The summed E-state index contributed by atoms with van der Waals surface area (Å²) in [6.07, 6.45) is -4.42. The van der Waals surface area contributed by atoms with Crippen molar-refractivity contribution in [3.63, 3.8) is 0 Å². The highest BCUT2D eigenvalue weighted by Gasteiger charge is 2.33. The third-order valence-corrected chi connectivity index (χ3v) is 2.79. The molecule has 0 atom stereocenters. The Morgan fingerprint density at radius 1 is 1.29 bits per heavy atom. The van der Waals surface area contributed by atoms with Gasteiger partial charge >= 0.3 is 6.18 Å². The minimum absolute atomic E-state index is 0. The lowest BCUT2D eigenvalue weighted by atomic mass is 10.1. The second-order valence-corrected chi connectivity index (χ2v) is 6.29. The van der Waals surface area contributed by atoms with E-state index in [1.807, 2.05) is 20.8 Å². The van der Waals surface area contributed by atoms with Crippen molar-refractivity contribution in [2.24, 2.45) is 10.7 Å². The Kier molecular flexibility index (Phi) is 7.48. The first-order chi connectivity index (χ1) is 8.99. The lowest BCUT2D eigenvalue weighted by molar-refractivity contribution is -0.138. The number of halogens is 5. The zero-order chi connectivity index (χ0) is 15.6. The Labute approximate surface area is 147 Å². The van der Waals surface area contributed by atoms with Gasteiger partial charge in [-0.05, 0) is 38.5 Å². The minimum Gasteiger partial charge on any atom is -0.370 e. The lowest BCUT2D eigenvalue weighted by Gasteiger charge is -2.21. The van der Waals surface area contributed by atoms with Crippen molar-refractivity contribution in [3.8, 4) is 0 Å². The van der Waals surface area contributed by atoms with E-state index in [1.54, 1.807) is 6.07 Å². The molecule has 0 unspecified atom stereocenters. The molecule has 0 amide bonds. The summed E-state index contributed by atoms with van der Waals surface area (Å²) >= 11 is 3.04. The van der Waals surface area contributed by atoms with Gasteiger partial charge in [0.05, 0.1) is 12.1 Å². The third kappa shape index (κ3) is 7.35. The van der Waals surface area contributed by atoms with Crippen LogP contribution in [-0.4, -0.2) is 11.5 Å². The second-order valence-electron chi connectivity index (χ2n) is 5.38. The number of guanidine groups is 1. The number of nitrogens with one attached hydrogen (secondary N) is 1. The average molecular weight is 480 g/mol. The van der Waals surface area contributed by atoms with Gasteiger partial charge in [0, 0.05) is 10.0 Å². The van der Waals surface area contributed by atoms with Crippen molar-refractivity contribution in [2.75, 3.05) is 0 Å². The molecule has 1 rings (SSSR count). The summed E-state index contributed by atoms with van der Waals surface area (Å²) in [5, 5.41) is 2.90. The maximum Gasteiger partial charge on any atom is 0.416 e. The van der Waals surface area contributed by atoms with Gasteiger partial charge in [-0.3, -0.25) is 0 Å². The number of rotatable bonds is 2. The van der Waals surface area contributed by atoms with Gasteiger partial charge < -0.3 is 11.1 Å². The molecule has 0 bridgehead atoms. The SMILES string of the molecule is CC(C)(C)NC(N)=NCc1ccc(Br)cc1C(F)(F)F.I. The van der Waals surface area contributed by atoms with E-state index in [2.05, 4.69) is 26.2 Å². The molecule has 0 spiro atoms. The molecule has 0 saturated carbocycles. The summed E-state index contributed by atoms with van der Waals surface area (Å²) in [5.74, 6) is 0.119. The largest absolute Gasteiger partial charge is 0.416 e. The van der Waals surface area contributed by atoms with Gasteiger partial charge in [0.2, 0.25) is 0 Å². The minimum atomic E-state index is -4.42. The number of nitrogens with two attached hydrogens (primary N) is 1. The smallest absolute Gasteiger partial charge is 0.370 e. The zero-order valence-corrected chi connectivity index (χ0v) is 15.8. The molecule has 0 heterocycles. The summed E-state index contributed by atoms with van der Waals surface area (Å²) in [5.41, 5.74) is 4.73. The molecule has 3 nitrogen and oxygen atoms in total. The van der Waals surface area contributed by atoms with Crippen LogP contribution in [0.15, 0.2) is 27.7 Å². The number of benzene rings is 1. The highest BCUT2D eigenvalue weighted by atomic mass is 127. The highest BCUT2D eigenvalue weighted by molar-refractivity contribution is 14.0.